The number of rotatable bonds is 5. The molecule has 0 aromatic heterocycles. The third-order valence-electron chi connectivity index (χ3n) is 11.5. The first-order valence-electron chi connectivity index (χ1n) is 18.7. The van der Waals surface area contributed by atoms with Crippen molar-refractivity contribution in [2.75, 3.05) is 0 Å². The van der Waals surface area contributed by atoms with Gasteiger partial charge in [-0.05, 0) is 114 Å². The summed E-state index contributed by atoms with van der Waals surface area (Å²) < 4.78 is 6.49. The Bertz CT molecular complexity index is 2850. The molecule has 0 amide bonds. The molecule has 0 bridgehead atoms. The van der Waals surface area contributed by atoms with Crippen molar-refractivity contribution in [2.24, 2.45) is 0 Å². The number of fused-ring (bicyclic) bond motifs is 5. The van der Waals surface area contributed by atoms with E-state index in [1.165, 1.54) is 77.7 Å². The Morgan fingerprint density at radius 3 is 1.63 bits per heavy atom. The molecule has 0 fully saturated rings. The summed E-state index contributed by atoms with van der Waals surface area (Å²) in [4.78, 5) is 0. The summed E-state index contributed by atoms with van der Waals surface area (Å²) in [7, 11) is 0. The predicted octanol–water partition coefficient (Wildman–Crippen LogP) is 14.0. The Kier molecular flexibility index (Phi) is 6.84. The van der Waals surface area contributed by atoms with Crippen molar-refractivity contribution in [3.05, 3.63) is 229 Å². The van der Waals surface area contributed by atoms with Gasteiger partial charge in [-0.3, -0.25) is 0 Å². The largest absolute Gasteiger partial charge is 0.456 e. The molecule has 0 radical (unpaired) electrons. The first kappa shape index (κ1) is 30.6. The van der Waals surface area contributed by atoms with Crippen LogP contribution in [0.5, 0.6) is 11.5 Å². The minimum Gasteiger partial charge on any atom is -0.456 e. The van der Waals surface area contributed by atoms with E-state index in [1.54, 1.807) is 0 Å². The van der Waals surface area contributed by atoms with Crippen LogP contribution in [0.2, 0.25) is 0 Å². The Morgan fingerprint density at radius 2 is 0.870 bits per heavy atom. The third-order valence-corrected chi connectivity index (χ3v) is 11.5. The van der Waals surface area contributed by atoms with Crippen LogP contribution in [0.1, 0.15) is 22.3 Å². The van der Waals surface area contributed by atoms with Crippen LogP contribution >= 0.6 is 0 Å². The van der Waals surface area contributed by atoms with Crippen LogP contribution < -0.4 is 4.74 Å². The van der Waals surface area contributed by atoms with E-state index in [1.807, 2.05) is 6.07 Å². The van der Waals surface area contributed by atoms with Crippen LogP contribution in [0.15, 0.2) is 206 Å². The Labute approximate surface area is 315 Å². The molecule has 11 rings (SSSR count). The lowest BCUT2D eigenvalue weighted by atomic mass is 9.67. The average Bonchev–Trinajstić information content (AvgIpc) is 3.55. The first-order valence-corrected chi connectivity index (χ1v) is 18.7. The fourth-order valence-corrected chi connectivity index (χ4v) is 9.20. The second-order valence-corrected chi connectivity index (χ2v) is 14.4. The third kappa shape index (κ3) is 4.52. The van der Waals surface area contributed by atoms with Crippen molar-refractivity contribution in [1.82, 2.24) is 0 Å². The number of benzene rings is 9. The molecule has 252 valence electrons. The topological polar surface area (TPSA) is 9.23 Å². The molecule has 2 aliphatic rings. The van der Waals surface area contributed by atoms with Crippen LogP contribution in [0.4, 0.5) is 0 Å². The van der Waals surface area contributed by atoms with Crippen molar-refractivity contribution in [1.29, 1.82) is 0 Å². The van der Waals surface area contributed by atoms with Gasteiger partial charge in [-0.15, -0.1) is 0 Å². The van der Waals surface area contributed by atoms with E-state index in [4.69, 9.17) is 4.74 Å². The summed E-state index contributed by atoms with van der Waals surface area (Å²) in [6, 6.07) is 75.4. The molecule has 0 saturated heterocycles. The standard InChI is InChI=1S/C53H34O/c1-4-15-35(16-5-1)37-31-38(33-39(32-37)42-29-30-51-52-46(42)23-14-24-47(52)45-22-11-13-26-50(45)54-51)36-27-28-44-43-21-10-12-25-48(43)53(49(44)34-36,40-17-6-2-7-18-40)41-19-8-3-9-20-41/h1-34H. The highest BCUT2D eigenvalue weighted by Gasteiger charge is 2.46. The van der Waals surface area contributed by atoms with E-state index in [0.717, 1.165) is 22.4 Å². The molecule has 0 saturated carbocycles. The molecule has 1 nitrogen and oxygen atoms in total. The molecular formula is C53H34O. The van der Waals surface area contributed by atoms with Crippen LogP contribution in [-0.4, -0.2) is 0 Å². The quantitative estimate of drug-likeness (QED) is 0.175. The monoisotopic (exact) mass is 686 g/mol. The molecule has 0 N–H and O–H groups in total. The fraction of sp³-hybridized carbons (Fsp3) is 0.0189. The van der Waals surface area contributed by atoms with Gasteiger partial charge >= 0.3 is 0 Å². The van der Waals surface area contributed by atoms with Gasteiger partial charge in [-0.1, -0.05) is 170 Å². The molecule has 0 spiro atoms. The maximum Gasteiger partial charge on any atom is 0.135 e. The van der Waals surface area contributed by atoms with Crippen LogP contribution in [-0.2, 0) is 5.41 Å². The van der Waals surface area contributed by atoms with Gasteiger partial charge in [0.15, 0.2) is 0 Å². The van der Waals surface area contributed by atoms with Gasteiger partial charge in [0.2, 0.25) is 0 Å². The van der Waals surface area contributed by atoms with Crippen molar-refractivity contribution in [2.45, 2.75) is 5.41 Å². The van der Waals surface area contributed by atoms with Gasteiger partial charge in [0.25, 0.3) is 0 Å². The maximum absolute atomic E-state index is 6.49. The molecule has 0 atom stereocenters. The van der Waals surface area contributed by atoms with E-state index in [2.05, 4.69) is 200 Å². The molecule has 0 unspecified atom stereocenters. The van der Waals surface area contributed by atoms with Gasteiger partial charge in [0.05, 0.1) is 5.41 Å². The fourth-order valence-electron chi connectivity index (χ4n) is 9.20. The summed E-state index contributed by atoms with van der Waals surface area (Å²) >= 11 is 0. The van der Waals surface area contributed by atoms with Crippen LogP contribution in [0.3, 0.4) is 0 Å². The molecular weight excluding hydrogens is 653 g/mol. The zero-order chi connectivity index (χ0) is 35.6. The first-order chi connectivity index (χ1) is 26.8. The second-order valence-electron chi connectivity index (χ2n) is 14.4. The Balaban J connectivity index is 1.16. The zero-order valence-electron chi connectivity index (χ0n) is 29.5. The van der Waals surface area contributed by atoms with Crippen molar-refractivity contribution in [3.63, 3.8) is 0 Å². The van der Waals surface area contributed by atoms with E-state index < -0.39 is 5.41 Å². The van der Waals surface area contributed by atoms with E-state index >= 15 is 0 Å². The highest BCUT2D eigenvalue weighted by atomic mass is 16.5. The number of hydrogen-bond acceptors (Lipinski definition) is 1. The minimum atomic E-state index is -0.461. The maximum atomic E-state index is 6.49. The van der Waals surface area contributed by atoms with Gasteiger partial charge in [0.1, 0.15) is 11.5 Å². The molecule has 1 heteroatoms. The van der Waals surface area contributed by atoms with E-state index in [-0.39, 0.29) is 0 Å². The van der Waals surface area contributed by atoms with Crippen LogP contribution in [0, 0.1) is 0 Å². The van der Waals surface area contributed by atoms with Crippen LogP contribution in [0.25, 0.3) is 66.4 Å². The molecule has 9 aromatic carbocycles. The van der Waals surface area contributed by atoms with Gasteiger partial charge in [-0.2, -0.15) is 0 Å². The van der Waals surface area contributed by atoms with E-state index in [0.29, 0.717) is 0 Å². The summed E-state index contributed by atoms with van der Waals surface area (Å²) in [5.74, 6) is 1.80. The van der Waals surface area contributed by atoms with Crippen molar-refractivity contribution in [3.8, 4) is 67.1 Å². The van der Waals surface area contributed by atoms with Gasteiger partial charge < -0.3 is 4.74 Å². The van der Waals surface area contributed by atoms with Crippen molar-refractivity contribution >= 4 is 10.8 Å². The summed E-state index contributed by atoms with van der Waals surface area (Å²) in [5, 5.41) is 2.35. The normalized spacial score (nSPS) is 13.1. The van der Waals surface area contributed by atoms with Gasteiger partial charge in [-0.25, -0.2) is 0 Å². The Morgan fingerprint density at radius 1 is 0.296 bits per heavy atom. The lowest BCUT2D eigenvalue weighted by molar-refractivity contribution is 0.487. The SMILES string of the molecule is c1ccc(-c2cc(-c3ccc4c(c3)C(c3ccccc3)(c3ccccc3)c3ccccc3-4)cc(-c3ccc4c5c(cccc35)-c3ccccc3O4)c2)cc1. The number of para-hydroxylation sites is 1. The predicted molar refractivity (Wildman–Crippen MR) is 223 cm³/mol. The second kappa shape index (κ2) is 12.0. The molecule has 1 aliphatic heterocycles. The average molecular weight is 687 g/mol. The smallest absolute Gasteiger partial charge is 0.135 e. The summed E-state index contributed by atoms with van der Waals surface area (Å²) in [6.45, 7) is 0. The number of ether oxygens (including phenoxy) is 1. The minimum absolute atomic E-state index is 0.461. The highest BCUT2D eigenvalue weighted by Crippen LogP contribution is 2.57. The van der Waals surface area contributed by atoms with Gasteiger partial charge in [0, 0.05) is 10.9 Å². The molecule has 54 heavy (non-hydrogen) atoms. The Hall–Kier alpha value is -6.96. The molecule has 1 heterocycles. The van der Waals surface area contributed by atoms with Crippen molar-refractivity contribution < 1.29 is 4.74 Å². The molecule has 1 aliphatic carbocycles. The lowest BCUT2D eigenvalue weighted by Crippen LogP contribution is -2.28. The number of hydrogen-bond donors (Lipinski definition) is 0. The lowest BCUT2D eigenvalue weighted by Gasteiger charge is -2.34. The highest BCUT2D eigenvalue weighted by molar-refractivity contribution is 6.10. The summed E-state index contributed by atoms with van der Waals surface area (Å²) in [6.07, 6.45) is 0. The zero-order valence-corrected chi connectivity index (χ0v) is 29.5. The summed E-state index contributed by atoms with van der Waals surface area (Å²) in [5.41, 5.74) is 16.7. The van der Waals surface area contributed by atoms with E-state index in [9.17, 15) is 0 Å². The molecule has 9 aromatic rings.